The van der Waals surface area contributed by atoms with Gasteiger partial charge in [0.1, 0.15) is 5.60 Å². The van der Waals surface area contributed by atoms with Gasteiger partial charge in [0.2, 0.25) is 0 Å². The molecule has 7 heteroatoms. The number of ether oxygens (including phenoxy) is 1. The van der Waals surface area contributed by atoms with E-state index in [1.165, 1.54) is 6.07 Å². The Bertz CT molecular complexity index is 686. The zero-order chi connectivity index (χ0) is 18.8. The molecule has 0 unspecified atom stereocenters. The molecule has 0 atom stereocenters. The number of piperazine rings is 1. The molecule has 1 amide bonds. The Hall–Kier alpha value is -2.57. The highest BCUT2D eigenvalue weighted by Crippen LogP contribution is 2.31. The first-order valence-electron chi connectivity index (χ1n) is 8.25. The summed E-state index contributed by atoms with van der Waals surface area (Å²) in [7, 11) is 0. The summed E-state index contributed by atoms with van der Waals surface area (Å²) in [5.41, 5.74) is 1.98. The number of rotatable bonds is 3. The summed E-state index contributed by atoms with van der Waals surface area (Å²) in [5, 5.41) is 11.0. The van der Waals surface area contributed by atoms with Crippen molar-refractivity contribution in [1.29, 1.82) is 0 Å². The van der Waals surface area contributed by atoms with Crippen LogP contribution < -0.4 is 4.90 Å². The van der Waals surface area contributed by atoms with Crippen molar-refractivity contribution in [3.8, 4) is 0 Å². The SMILES string of the molecule is C=C(C)c1cc([N+](=O)[O-])ccc1N1CCN(C(=O)OC(C)(C)C)CC1. The van der Waals surface area contributed by atoms with Crippen molar-refractivity contribution in [1.82, 2.24) is 4.90 Å². The van der Waals surface area contributed by atoms with Crippen LogP contribution in [0.25, 0.3) is 5.57 Å². The molecule has 0 spiro atoms. The topological polar surface area (TPSA) is 75.9 Å². The molecule has 0 bridgehead atoms. The highest BCUT2D eigenvalue weighted by molar-refractivity contribution is 5.77. The van der Waals surface area contributed by atoms with Crippen molar-refractivity contribution in [2.24, 2.45) is 0 Å². The molecule has 1 aliphatic heterocycles. The third-order valence-electron chi connectivity index (χ3n) is 3.92. The average Bonchev–Trinajstić information content (AvgIpc) is 2.52. The van der Waals surface area contributed by atoms with Gasteiger partial charge in [-0.1, -0.05) is 6.58 Å². The summed E-state index contributed by atoms with van der Waals surface area (Å²) in [5.74, 6) is 0. The van der Waals surface area contributed by atoms with Gasteiger partial charge in [-0.3, -0.25) is 10.1 Å². The van der Waals surface area contributed by atoms with Crippen molar-refractivity contribution in [2.45, 2.75) is 33.3 Å². The van der Waals surface area contributed by atoms with E-state index < -0.39 is 10.5 Å². The molecule has 1 saturated heterocycles. The van der Waals surface area contributed by atoms with Gasteiger partial charge in [0.15, 0.2) is 0 Å². The average molecular weight is 347 g/mol. The molecule has 1 aromatic rings. The second-order valence-corrected chi connectivity index (χ2v) is 7.19. The van der Waals surface area contributed by atoms with Crippen LogP contribution in [0.1, 0.15) is 33.3 Å². The highest BCUT2D eigenvalue weighted by atomic mass is 16.6. The van der Waals surface area contributed by atoms with Crippen LogP contribution in [0.2, 0.25) is 0 Å². The molecule has 7 nitrogen and oxygen atoms in total. The Labute approximate surface area is 148 Å². The van der Waals surface area contributed by atoms with E-state index in [9.17, 15) is 14.9 Å². The number of nitrogens with zero attached hydrogens (tertiary/aromatic N) is 3. The van der Waals surface area contributed by atoms with Crippen molar-refractivity contribution in [3.05, 3.63) is 40.5 Å². The Morgan fingerprint density at radius 1 is 1.24 bits per heavy atom. The summed E-state index contributed by atoms with van der Waals surface area (Å²) in [6.45, 7) is 13.7. The largest absolute Gasteiger partial charge is 0.444 e. The lowest BCUT2D eigenvalue weighted by Crippen LogP contribution is -2.50. The van der Waals surface area contributed by atoms with Crippen LogP contribution in [0.15, 0.2) is 24.8 Å². The van der Waals surface area contributed by atoms with Gasteiger partial charge in [-0.2, -0.15) is 0 Å². The predicted octanol–water partition coefficient (Wildman–Crippen LogP) is 3.69. The number of carbonyl (C=O) groups is 1. The summed E-state index contributed by atoms with van der Waals surface area (Å²) in [6.07, 6.45) is -0.309. The summed E-state index contributed by atoms with van der Waals surface area (Å²) in [4.78, 5) is 26.5. The molecule has 0 radical (unpaired) electrons. The van der Waals surface area contributed by atoms with Gasteiger partial charge in [0.05, 0.1) is 4.92 Å². The van der Waals surface area contributed by atoms with E-state index in [0.717, 1.165) is 16.8 Å². The van der Waals surface area contributed by atoms with Crippen LogP contribution in [0.4, 0.5) is 16.2 Å². The fourth-order valence-corrected chi connectivity index (χ4v) is 2.71. The molecule has 136 valence electrons. The lowest BCUT2D eigenvalue weighted by atomic mass is 10.0. The number of hydrogen-bond acceptors (Lipinski definition) is 5. The molecule has 1 fully saturated rings. The van der Waals surface area contributed by atoms with Gasteiger partial charge in [0, 0.05) is 49.6 Å². The predicted molar refractivity (Wildman–Crippen MR) is 97.8 cm³/mol. The molecule has 0 saturated carbocycles. The van der Waals surface area contributed by atoms with Crippen LogP contribution in [0.3, 0.4) is 0 Å². The molecule has 25 heavy (non-hydrogen) atoms. The molecule has 1 heterocycles. The van der Waals surface area contributed by atoms with Gasteiger partial charge in [-0.05, 0) is 39.3 Å². The van der Waals surface area contributed by atoms with Crippen molar-refractivity contribution >= 4 is 23.0 Å². The third kappa shape index (κ3) is 4.71. The second-order valence-electron chi connectivity index (χ2n) is 7.19. The van der Waals surface area contributed by atoms with E-state index >= 15 is 0 Å². The molecule has 1 aromatic carbocycles. The summed E-state index contributed by atoms with van der Waals surface area (Å²) < 4.78 is 5.40. The minimum absolute atomic E-state index is 0.0501. The normalized spacial score (nSPS) is 15.0. The monoisotopic (exact) mass is 347 g/mol. The highest BCUT2D eigenvalue weighted by Gasteiger charge is 2.27. The van der Waals surface area contributed by atoms with E-state index in [-0.39, 0.29) is 11.8 Å². The maximum absolute atomic E-state index is 12.1. The van der Waals surface area contributed by atoms with E-state index in [2.05, 4.69) is 11.5 Å². The minimum atomic E-state index is -0.514. The van der Waals surface area contributed by atoms with Crippen molar-refractivity contribution in [3.63, 3.8) is 0 Å². The summed E-state index contributed by atoms with van der Waals surface area (Å²) >= 11 is 0. The fourth-order valence-electron chi connectivity index (χ4n) is 2.71. The van der Waals surface area contributed by atoms with Crippen molar-refractivity contribution in [2.75, 3.05) is 31.1 Å². The standard InChI is InChI=1S/C18H25N3O4/c1-13(2)15-12-14(21(23)24)6-7-16(15)19-8-10-20(11-9-19)17(22)25-18(3,4)5/h6-7,12H,1,8-11H2,2-5H3. The molecular weight excluding hydrogens is 322 g/mol. The van der Waals surface area contributed by atoms with E-state index in [4.69, 9.17) is 4.74 Å². The zero-order valence-electron chi connectivity index (χ0n) is 15.2. The summed E-state index contributed by atoms with van der Waals surface area (Å²) in [6, 6.07) is 4.81. The van der Waals surface area contributed by atoms with E-state index in [1.807, 2.05) is 27.7 Å². The quantitative estimate of drug-likeness (QED) is 0.616. The van der Waals surface area contributed by atoms with Crippen LogP contribution in [0, 0.1) is 10.1 Å². The zero-order valence-corrected chi connectivity index (χ0v) is 15.2. The number of anilines is 1. The Morgan fingerprint density at radius 2 is 1.84 bits per heavy atom. The first-order chi connectivity index (χ1) is 11.6. The number of benzene rings is 1. The van der Waals surface area contributed by atoms with E-state index in [1.54, 1.807) is 17.0 Å². The lowest BCUT2D eigenvalue weighted by Gasteiger charge is -2.37. The van der Waals surface area contributed by atoms with Crippen LogP contribution in [0.5, 0.6) is 0 Å². The maximum atomic E-state index is 12.1. The number of amides is 1. The number of nitro benzene ring substituents is 1. The Morgan fingerprint density at radius 3 is 2.32 bits per heavy atom. The van der Waals surface area contributed by atoms with E-state index in [0.29, 0.717) is 26.2 Å². The number of non-ortho nitro benzene ring substituents is 1. The van der Waals surface area contributed by atoms with Crippen LogP contribution >= 0.6 is 0 Å². The van der Waals surface area contributed by atoms with Crippen LogP contribution in [-0.4, -0.2) is 47.7 Å². The van der Waals surface area contributed by atoms with Crippen LogP contribution in [-0.2, 0) is 4.74 Å². The maximum Gasteiger partial charge on any atom is 0.410 e. The number of nitro groups is 1. The number of hydrogen-bond donors (Lipinski definition) is 0. The fraction of sp³-hybridized carbons (Fsp3) is 0.500. The second kappa shape index (κ2) is 7.13. The molecule has 2 rings (SSSR count). The molecule has 0 N–H and O–H groups in total. The first-order valence-corrected chi connectivity index (χ1v) is 8.25. The third-order valence-corrected chi connectivity index (χ3v) is 3.92. The molecular formula is C18H25N3O4. The molecule has 1 aliphatic rings. The number of carbonyl (C=O) groups excluding carboxylic acids is 1. The van der Waals surface area contributed by atoms with Gasteiger partial charge < -0.3 is 14.5 Å². The smallest absolute Gasteiger partial charge is 0.410 e. The first kappa shape index (κ1) is 18.8. The van der Waals surface area contributed by atoms with Gasteiger partial charge in [-0.15, -0.1) is 0 Å². The number of allylic oxidation sites excluding steroid dienone is 1. The molecule has 0 aliphatic carbocycles. The molecule has 0 aromatic heterocycles. The Balaban J connectivity index is 2.11. The van der Waals surface area contributed by atoms with Gasteiger partial charge in [0.25, 0.3) is 5.69 Å². The van der Waals surface area contributed by atoms with Crippen molar-refractivity contribution < 1.29 is 14.5 Å². The van der Waals surface area contributed by atoms with Gasteiger partial charge >= 0.3 is 6.09 Å². The Kier molecular flexibility index (Phi) is 5.35. The van der Waals surface area contributed by atoms with Gasteiger partial charge in [-0.25, -0.2) is 4.79 Å². The minimum Gasteiger partial charge on any atom is -0.444 e. The lowest BCUT2D eigenvalue weighted by molar-refractivity contribution is -0.384.